The van der Waals surface area contributed by atoms with Gasteiger partial charge in [-0.3, -0.25) is 9.97 Å². The molecule has 2 aromatic carbocycles. The van der Waals surface area contributed by atoms with Gasteiger partial charge in [0, 0.05) is 59.2 Å². The van der Waals surface area contributed by atoms with Crippen molar-refractivity contribution in [2.75, 3.05) is 11.4 Å². The zero-order valence-corrected chi connectivity index (χ0v) is 23.4. The van der Waals surface area contributed by atoms with Gasteiger partial charge in [-0.2, -0.15) is 0 Å². The van der Waals surface area contributed by atoms with E-state index in [0.29, 0.717) is 12.0 Å². The molecular formula is C35H34N4. The number of likely N-dealkylation sites (N-methyl/N-ethyl adjacent to an activating group) is 1. The van der Waals surface area contributed by atoms with Crippen molar-refractivity contribution in [3.8, 4) is 11.1 Å². The number of fused-ring (bicyclic) bond motifs is 6. The molecule has 3 aromatic heterocycles. The van der Waals surface area contributed by atoms with Crippen LogP contribution in [0.1, 0.15) is 43.0 Å². The van der Waals surface area contributed by atoms with E-state index in [-0.39, 0.29) is 0 Å². The standard InChI is InChI=1S/C35H34N4/c1-6-38-32-9-8-24(17-29(32)26-10-12-37-20-34(26)38)27-15-22(4)28(16-21(27)3)25-14-23(5)35-30(18-25)31-19-36-13-11-33(31)39(35)7-2/h8-20,23,35H,6-7H2,1-5H3. The molecule has 0 N–H and O–H groups in total. The maximum atomic E-state index is 4.47. The highest BCUT2D eigenvalue weighted by molar-refractivity contribution is 6.09. The van der Waals surface area contributed by atoms with Crippen molar-refractivity contribution in [3.63, 3.8) is 0 Å². The largest absolute Gasteiger partial charge is 0.364 e. The second kappa shape index (κ2) is 8.94. The molecule has 4 heteroatoms. The van der Waals surface area contributed by atoms with Crippen LogP contribution in [0.2, 0.25) is 0 Å². The minimum absolute atomic E-state index is 0.380. The van der Waals surface area contributed by atoms with Gasteiger partial charge in [-0.25, -0.2) is 0 Å². The Kier molecular flexibility index (Phi) is 5.48. The summed E-state index contributed by atoms with van der Waals surface area (Å²) in [5.74, 6) is 0.416. The molecule has 0 saturated heterocycles. The van der Waals surface area contributed by atoms with Gasteiger partial charge in [0.25, 0.3) is 0 Å². The Morgan fingerprint density at radius 2 is 1.54 bits per heavy atom. The number of anilines is 1. The van der Waals surface area contributed by atoms with Gasteiger partial charge in [0.2, 0.25) is 0 Å². The average Bonchev–Trinajstić information content (AvgIpc) is 3.46. The van der Waals surface area contributed by atoms with Crippen LogP contribution in [0.4, 0.5) is 5.69 Å². The summed E-state index contributed by atoms with van der Waals surface area (Å²) in [6, 6.07) is 16.4. The van der Waals surface area contributed by atoms with Gasteiger partial charge < -0.3 is 9.47 Å². The molecule has 0 spiro atoms. The Morgan fingerprint density at radius 3 is 2.36 bits per heavy atom. The lowest BCUT2D eigenvalue weighted by Gasteiger charge is -2.33. The Morgan fingerprint density at radius 1 is 0.769 bits per heavy atom. The minimum atomic E-state index is 0.380. The first kappa shape index (κ1) is 23.9. The highest BCUT2D eigenvalue weighted by atomic mass is 15.2. The summed E-state index contributed by atoms with van der Waals surface area (Å²) in [5, 5.41) is 2.56. The molecule has 39 heavy (non-hydrogen) atoms. The zero-order valence-electron chi connectivity index (χ0n) is 23.4. The van der Waals surface area contributed by atoms with Crippen molar-refractivity contribution in [3.05, 3.63) is 102 Å². The molecule has 7 rings (SSSR count). The molecule has 0 bridgehead atoms. The lowest BCUT2D eigenvalue weighted by atomic mass is 9.81. The second-order valence-corrected chi connectivity index (χ2v) is 11.1. The Labute approximate surface area is 230 Å². The van der Waals surface area contributed by atoms with Crippen LogP contribution >= 0.6 is 0 Å². The van der Waals surface area contributed by atoms with Crippen LogP contribution in [-0.4, -0.2) is 27.1 Å². The average molecular weight is 511 g/mol. The fourth-order valence-electron chi connectivity index (χ4n) is 7.08. The number of hydrogen-bond donors (Lipinski definition) is 0. The van der Waals surface area contributed by atoms with Crippen LogP contribution < -0.4 is 4.90 Å². The second-order valence-electron chi connectivity index (χ2n) is 11.1. The SMILES string of the molecule is CCN1c2ccncc2C2=CC(c3cc(C)c(-c4ccc5c(c4)c4ccncc4n5CC)cc3C)=CC(C)C21. The highest BCUT2D eigenvalue weighted by Gasteiger charge is 2.38. The van der Waals surface area contributed by atoms with E-state index in [4.69, 9.17) is 0 Å². The van der Waals surface area contributed by atoms with Gasteiger partial charge in [-0.15, -0.1) is 0 Å². The molecule has 0 amide bonds. The fraction of sp³-hybridized carbons (Fsp3) is 0.257. The summed E-state index contributed by atoms with van der Waals surface area (Å²) in [5.41, 5.74) is 14.3. The molecule has 0 saturated carbocycles. The van der Waals surface area contributed by atoms with E-state index in [9.17, 15) is 0 Å². The molecule has 0 fully saturated rings. The summed E-state index contributed by atoms with van der Waals surface area (Å²) in [6.45, 7) is 13.2. The lowest BCUT2D eigenvalue weighted by Crippen LogP contribution is -2.36. The molecule has 1 aliphatic heterocycles. The number of benzene rings is 2. The predicted octanol–water partition coefficient (Wildman–Crippen LogP) is 8.21. The Balaban J connectivity index is 1.32. The zero-order chi connectivity index (χ0) is 26.8. The van der Waals surface area contributed by atoms with Gasteiger partial charge >= 0.3 is 0 Å². The third-order valence-electron chi connectivity index (χ3n) is 8.84. The van der Waals surface area contributed by atoms with Crippen LogP contribution in [0.25, 0.3) is 44.1 Å². The van der Waals surface area contributed by atoms with Gasteiger partial charge in [-0.1, -0.05) is 31.2 Å². The van der Waals surface area contributed by atoms with E-state index in [1.165, 1.54) is 72.0 Å². The first-order valence-electron chi connectivity index (χ1n) is 14.1. The molecule has 2 unspecified atom stereocenters. The van der Waals surface area contributed by atoms with Crippen molar-refractivity contribution in [1.82, 2.24) is 14.5 Å². The first-order chi connectivity index (χ1) is 19.0. The molecule has 0 radical (unpaired) electrons. The smallest absolute Gasteiger partial charge is 0.0677 e. The summed E-state index contributed by atoms with van der Waals surface area (Å²) >= 11 is 0. The summed E-state index contributed by atoms with van der Waals surface area (Å²) < 4.78 is 2.36. The van der Waals surface area contributed by atoms with Crippen molar-refractivity contribution in [2.45, 2.75) is 47.2 Å². The quantitative estimate of drug-likeness (QED) is 0.244. The van der Waals surface area contributed by atoms with E-state index < -0.39 is 0 Å². The number of rotatable bonds is 4. The van der Waals surface area contributed by atoms with Crippen molar-refractivity contribution >= 4 is 38.6 Å². The molecule has 1 aliphatic carbocycles. The molecule has 194 valence electrons. The number of pyridine rings is 2. The van der Waals surface area contributed by atoms with Crippen LogP contribution in [-0.2, 0) is 6.54 Å². The fourth-order valence-corrected chi connectivity index (χ4v) is 7.08. The van der Waals surface area contributed by atoms with Gasteiger partial charge in [0.05, 0.1) is 17.8 Å². The molecule has 2 aliphatic rings. The van der Waals surface area contributed by atoms with E-state index in [1.807, 2.05) is 24.8 Å². The molecule has 5 aromatic rings. The van der Waals surface area contributed by atoms with Gasteiger partial charge in [0.15, 0.2) is 0 Å². The van der Waals surface area contributed by atoms with Gasteiger partial charge in [-0.05, 0) is 103 Å². The molecular weight excluding hydrogens is 476 g/mol. The number of nitrogens with zero attached hydrogens (tertiary/aromatic N) is 4. The van der Waals surface area contributed by atoms with E-state index in [0.717, 1.165) is 13.1 Å². The lowest BCUT2D eigenvalue weighted by molar-refractivity contribution is 0.600. The maximum absolute atomic E-state index is 4.47. The highest BCUT2D eigenvalue weighted by Crippen LogP contribution is 2.47. The van der Waals surface area contributed by atoms with Crippen LogP contribution in [0, 0.1) is 19.8 Å². The first-order valence-corrected chi connectivity index (χ1v) is 14.1. The third kappa shape index (κ3) is 3.51. The maximum Gasteiger partial charge on any atom is 0.0677 e. The monoisotopic (exact) mass is 510 g/mol. The molecule has 4 nitrogen and oxygen atoms in total. The van der Waals surface area contributed by atoms with Crippen molar-refractivity contribution in [1.29, 1.82) is 0 Å². The third-order valence-corrected chi connectivity index (χ3v) is 8.84. The molecule has 2 atom stereocenters. The summed E-state index contributed by atoms with van der Waals surface area (Å²) in [6.07, 6.45) is 12.7. The van der Waals surface area contributed by atoms with E-state index in [2.05, 4.69) is 109 Å². The Bertz CT molecular complexity index is 1840. The summed E-state index contributed by atoms with van der Waals surface area (Å²) in [7, 11) is 0. The van der Waals surface area contributed by atoms with Crippen LogP contribution in [0.15, 0.2) is 79.4 Å². The van der Waals surface area contributed by atoms with Crippen molar-refractivity contribution in [2.24, 2.45) is 5.92 Å². The summed E-state index contributed by atoms with van der Waals surface area (Å²) in [4.78, 5) is 11.4. The number of hydrogen-bond acceptors (Lipinski definition) is 3. The predicted molar refractivity (Wildman–Crippen MR) is 164 cm³/mol. The Hall–Kier alpha value is -4.18. The molecule has 4 heterocycles. The van der Waals surface area contributed by atoms with Gasteiger partial charge in [0.1, 0.15) is 0 Å². The normalized spacial score (nSPS) is 18.3. The van der Waals surface area contributed by atoms with Crippen LogP contribution in [0.3, 0.4) is 0 Å². The van der Waals surface area contributed by atoms with Crippen molar-refractivity contribution < 1.29 is 0 Å². The number of allylic oxidation sites excluding steroid dienone is 2. The van der Waals surface area contributed by atoms with E-state index in [1.54, 1.807) is 0 Å². The topological polar surface area (TPSA) is 34.0 Å². The number of aryl methyl sites for hydroxylation is 3. The minimum Gasteiger partial charge on any atom is -0.364 e. The van der Waals surface area contributed by atoms with Crippen LogP contribution in [0.5, 0.6) is 0 Å². The van der Waals surface area contributed by atoms with E-state index >= 15 is 0 Å². The number of aromatic nitrogens is 3.